The smallest absolute Gasteiger partial charge is 0.305 e. The van der Waals surface area contributed by atoms with Crippen LogP contribution >= 0.6 is 0 Å². The molecule has 0 saturated carbocycles. The predicted octanol–water partition coefficient (Wildman–Crippen LogP) is 9.02. The number of nitrogens with zero attached hydrogens (tertiary/aromatic N) is 3. The number of ether oxygens (including phenoxy) is 3. The number of esters is 1. The van der Waals surface area contributed by atoms with Crippen LogP contribution in [0.25, 0.3) is 10.9 Å². The second-order valence-corrected chi connectivity index (χ2v) is 14.3. The lowest BCUT2D eigenvalue weighted by atomic mass is 9.97. The van der Waals surface area contributed by atoms with Crippen molar-refractivity contribution in [3.63, 3.8) is 0 Å². The summed E-state index contributed by atoms with van der Waals surface area (Å²) in [6.07, 6.45) is 3.70. The van der Waals surface area contributed by atoms with E-state index in [1.165, 1.54) is 0 Å². The first kappa shape index (κ1) is 39.2. The van der Waals surface area contributed by atoms with Crippen LogP contribution in [0.4, 0.5) is 11.4 Å². The molecule has 1 aromatic heterocycles. The van der Waals surface area contributed by atoms with Crippen LogP contribution in [-0.4, -0.2) is 74.3 Å². The van der Waals surface area contributed by atoms with E-state index in [4.69, 9.17) is 14.2 Å². The van der Waals surface area contributed by atoms with Crippen LogP contribution in [0.15, 0.2) is 134 Å². The number of piperazine rings is 1. The van der Waals surface area contributed by atoms with E-state index < -0.39 is 0 Å². The molecule has 1 saturated heterocycles. The molecular weight excluding hydrogens is 713 g/mol. The monoisotopic (exact) mass is 764 g/mol. The van der Waals surface area contributed by atoms with Crippen molar-refractivity contribution < 1.29 is 23.8 Å². The highest BCUT2D eigenvalue weighted by Gasteiger charge is 2.22. The summed E-state index contributed by atoms with van der Waals surface area (Å²) < 4.78 is 19.4. The maximum Gasteiger partial charge on any atom is 0.305 e. The Hall–Kier alpha value is -6.06. The highest BCUT2D eigenvalue weighted by molar-refractivity contribution is 6.16. The van der Waals surface area contributed by atoms with Gasteiger partial charge in [0.1, 0.15) is 11.5 Å². The molecule has 9 heteroatoms. The zero-order valence-corrected chi connectivity index (χ0v) is 32.9. The molecule has 5 aromatic carbocycles. The molecule has 0 aliphatic carbocycles. The minimum Gasteiger partial charge on any atom is -0.495 e. The van der Waals surface area contributed by atoms with Gasteiger partial charge in [-0.2, -0.15) is 0 Å². The molecule has 1 N–H and O–H groups in total. The molecule has 0 bridgehead atoms. The van der Waals surface area contributed by atoms with Gasteiger partial charge >= 0.3 is 5.97 Å². The topological polar surface area (TPSA) is 85.3 Å². The van der Waals surface area contributed by atoms with Gasteiger partial charge in [0.25, 0.3) is 0 Å². The molecule has 0 amide bonds. The molecule has 1 aliphatic heterocycles. The van der Waals surface area contributed by atoms with Crippen molar-refractivity contribution in [3.05, 3.63) is 156 Å². The normalized spacial score (nSPS) is 13.1. The lowest BCUT2D eigenvalue weighted by Gasteiger charge is -2.36. The van der Waals surface area contributed by atoms with Crippen molar-refractivity contribution in [3.8, 4) is 11.5 Å². The Morgan fingerprint density at radius 1 is 0.737 bits per heavy atom. The van der Waals surface area contributed by atoms with Crippen LogP contribution in [0.1, 0.15) is 59.3 Å². The highest BCUT2D eigenvalue weighted by atomic mass is 16.5. The van der Waals surface area contributed by atoms with Crippen molar-refractivity contribution in [2.75, 3.05) is 63.3 Å². The average Bonchev–Trinajstić information content (AvgIpc) is 3.63. The van der Waals surface area contributed by atoms with Crippen molar-refractivity contribution in [1.29, 1.82) is 0 Å². The standard InChI is InChI=1S/C48H52N4O5/c1-3-56-46(53)24-14-28-52-35-40(39-20-10-11-21-42(39)52)48(54)38-25-26-41(49-47(36-16-6-4-7-17-36)37-18-8-5-9-19-37)45(34-38)57-33-15-27-50-29-31-51(32-30-50)43-22-12-13-23-44(43)55-2/h4-13,16-23,25-26,34-35,47,49H,3,14-15,24,27-33H2,1-2H3. The van der Waals surface area contributed by atoms with Gasteiger partial charge in [-0.15, -0.1) is 0 Å². The number of carbonyl (C=O) groups is 2. The lowest BCUT2D eigenvalue weighted by molar-refractivity contribution is -0.143. The number of para-hydroxylation sites is 3. The quantitative estimate of drug-likeness (QED) is 0.0528. The predicted molar refractivity (Wildman–Crippen MR) is 228 cm³/mol. The minimum atomic E-state index is -0.208. The summed E-state index contributed by atoms with van der Waals surface area (Å²) in [5, 5.41) is 4.65. The van der Waals surface area contributed by atoms with Gasteiger partial charge in [0, 0.05) is 73.9 Å². The van der Waals surface area contributed by atoms with E-state index in [-0.39, 0.29) is 17.8 Å². The van der Waals surface area contributed by atoms with Gasteiger partial charge in [-0.25, -0.2) is 0 Å². The van der Waals surface area contributed by atoms with Gasteiger partial charge in [0.2, 0.25) is 0 Å². The van der Waals surface area contributed by atoms with E-state index >= 15 is 0 Å². The Bertz CT molecular complexity index is 2190. The van der Waals surface area contributed by atoms with Gasteiger partial charge in [-0.3, -0.25) is 14.5 Å². The fourth-order valence-electron chi connectivity index (χ4n) is 7.68. The van der Waals surface area contributed by atoms with Crippen LogP contribution in [0.5, 0.6) is 11.5 Å². The molecule has 0 spiro atoms. The van der Waals surface area contributed by atoms with E-state index in [2.05, 4.69) is 80.3 Å². The van der Waals surface area contributed by atoms with Gasteiger partial charge in [-0.1, -0.05) is 91.0 Å². The minimum absolute atomic E-state index is 0.0812. The van der Waals surface area contributed by atoms with Crippen molar-refractivity contribution in [2.45, 2.75) is 38.8 Å². The van der Waals surface area contributed by atoms with Crippen LogP contribution in [-0.2, 0) is 16.1 Å². The van der Waals surface area contributed by atoms with Crippen LogP contribution in [0.3, 0.4) is 0 Å². The number of fused-ring (bicyclic) bond motifs is 1. The molecule has 2 heterocycles. The third-order valence-corrected chi connectivity index (χ3v) is 10.6. The molecule has 0 unspecified atom stereocenters. The third kappa shape index (κ3) is 9.67. The largest absolute Gasteiger partial charge is 0.495 e. The van der Waals surface area contributed by atoms with Gasteiger partial charge < -0.3 is 29.0 Å². The van der Waals surface area contributed by atoms with Crippen LogP contribution < -0.4 is 19.7 Å². The molecule has 6 aromatic rings. The molecule has 0 atom stereocenters. The Balaban J connectivity index is 1.10. The first-order chi connectivity index (χ1) is 28.0. The maximum absolute atomic E-state index is 14.4. The third-order valence-electron chi connectivity index (χ3n) is 10.6. The Morgan fingerprint density at radius 3 is 2.14 bits per heavy atom. The maximum atomic E-state index is 14.4. The Morgan fingerprint density at radius 2 is 1.42 bits per heavy atom. The molecule has 1 aliphatic rings. The second-order valence-electron chi connectivity index (χ2n) is 14.3. The number of aryl methyl sites for hydroxylation is 1. The number of nitrogens with one attached hydrogen (secondary N) is 1. The Kier molecular flexibility index (Phi) is 13.2. The number of benzene rings is 5. The lowest BCUT2D eigenvalue weighted by Crippen LogP contribution is -2.46. The fraction of sp³-hybridized carbons (Fsp3) is 0.292. The summed E-state index contributed by atoms with van der Waals surface area (Å²) in [6.45, 7) is 7.97. The fourth-order valence-corrected chi connectivity index (χ4v) is 7.68. The number of hydrogen-bond donors (Lipinski definition) is 1. The zero-order valence-electron chi connectivity index (χ0n) is 32.9. The number of rotatable bonds is 18. The molecule has 0 radical (unpaired) electrons. The summed E-state index contributed by atoms with van der Waals surface area (Å²) in [5.41, 5.74) is 6.32. The van der Waals surface area contributed by atoms with Crippen molar-refractivity contribution >= 4 is 34.0 Å². The van der Waals surface area contributed by atoms with Gasteiger partial charge in [0.15, 0.2) is 5.78 Å². The van der Waals surface area contributed by atoms with E-state index in [1.54, 1.807) is 7.11 Å². The molecule has 1 fully saturated rings. The number of ketones is 1. The first-order valence-electron chi connectivity index (χ1n) is 20.0. The van der Waals surface area contributed by atoms with E-state index in [9.17, 15) is 9.59 Å². The molecule has 294 valence electrons. The summed E-state index contributed by atoms with van der Waals surface area (Å²) in [7, 11) is 1.72. The average molecular weight is 765 g/mol. The van der Waals surface area contributed by atoms with Gasteiger partial charge in [-0.05, 0) is 67.3 Å². The number of anilines is 2. The van der Waals surface area contributed by atoms with Crippen LogP contribution in [0.2, 0.25) is 0 Å². The summed E-state index contributed by atoms with van der Waals surface area (Å²) >= 11 is 0. The highest BCUT2D eigenvalue weighted by Crippen LogP contribution is 2.35. The number of carbonyl (C=O) groups excluding carboxylic acids is 2. The SMILES string of the molecule is CCOC(=O)CCCn1cc(C(=O)c2ccc(NC(c3ccccc3)c3ccccc3)c(OCCCN3CCN(c4ccccc4OC)CC3)c2)c2ccccc21. The summed E-state index contributed by atoms with van der Waals surface area (Å²) in [5.74, 6) is 1.25. The number of aromatic nitrogens is 1. The van der Waals surface area contributed by atoms with Crippen molar-refractivity contribution in [1.82, 2.24) is 9.47 Å². The molecule has 57 heavy (non-hydrogen) atoms. The van der Waals surface area contributed by atoms with Crippen LogP contribution in [0, 0.1) is 0 Å². The van der Waals surface area contributed by atoms with E-state index in [0.717, 1.165) is 78.3 Å². The molecule has 9 nitrogen and oxygen atoms in total. The van der Waals surface area contributed by atoms with E-state index in [0.29, 0.717) is 49.5 Å². The van der Waals surface area contributed by atoms with E-state index in [1.807, 2.05) is 79.9 Å². The summed E-state index contributed by atoms with van der Waals surface area (Å²) in [6, 6.07) is 42.5. The molecular formula is C48H52N4O5. The number of methoxy groups -OCH3 is 1. The van der Waals surface area contributed by atoms with Gasteiger partial charge in [0.05, 0.1) is 37.7 Å². The Labute approximate surface area is 335 Å². The first-order valence-corrected chi connectivity index (χ1v) is 20.0. The zero-order chi connectivity index (χ0) is 39.4. The second kappa shape index (κ2) is 19.2. The van der Waals surface area contributed by atoms with Crippen molar-refractivity contribution in [2.24, 2.45) is 0 Å². The number of hydrogen-bond acceptors (Lipinski definition) is 8. The molecule has 7 rings (SSSR count). The summed E-state index contributed by atoms with van der Waals surface area (Å²) in [4.78, 5) is 31.3.